The number of aliphatic hydroxyl groups excluding tert-OH is 1. The summed E-state index contributed by atoms with van der Waals surface area (Å²) in [5.41, 5.74) is 3.54. The van der Waals surface area contributed by atoms with Gasteiger partial charge < -0.3 is 39.8 Å². The average Bonchev–Trinajstić information content (AvgIpc) is 3.46. The molecule has 5 N–H and O–H groups in total. The van der Waals surface area contributed by atoms with Gasteiger partial charge >= 0.3 is 7.82 Å². The molecule has 3 heterocycles. The Labute approximate surface area is 342 Å². The van der Waals surface area contributed by atoms with Crippen molar-refractivity contribution in [2.24, 2.45) is 0 Å². The molecule has 2 aromatic heterocycles. The van der Waals surface area contributed by atoms with E-state index in [0.29, 0.717) is 23.4 Å². The Morgan fingerprint density at radius 1 is 0.948 bits per heavy atom. The number of aliphatic hydroxyl groups is 2. The quantitative estimate of drug-likeness (QED) is 0.0402. The van der Waals surface area contributed by atoms with Crippen LogP contribution < -0.4 is 19.9 Å². The van der Waals surface area contributed by atoms with Gasteiger partial charge in [0.1, 0.15) is 70.7 Å². The number of hydrogen-bond donors (Lipinski definition) is 4. The van der Waals surface area contributed by atoms with Crippen LogP contribution in [0.1, 0.15) is 147 Å². The summed E-state index contributed by atoms with van der Waals surface area (Å²) in [7, 11) is -1.95. The number of nitrogen functional groups attached to an aromatic ring is 1. The Hall–Kier alpha value is -3.48. The van der Waals surface area contributed by atoms with Gasteiger partial charge in [-0.05, 0) is 31.9 Å². The van der Waals surface area contributed by atoms with Gasteiger partial charge in [0.05, 0.1) is 26.5 Å². The van der Waals surface area contributed by atoms with Crippen LogP contribution in [0.25, 0.3) is 5.52 Å². The number of hydrogen-bond acceptors (Lipinski definition) is 13. The third-order valence-corrected chi connectivity index (χ3v) is 12.7. The number of phosphoric ester groups is 1. The lowest BCUT2D eigenvalue weighted by Gasteiger charge is -2.25. The van der Waals surface area contributed by atoms with E-state index in [1.807, 2.05) is 0 Å². The molecule has 3 aromatic rings. The van der Waals surface area contributed by atoms with Crippen LogP contribution in [0.3, 0.4) is 0 Å². The van der Waals surface area contributed by atoms with Gasteiger partial charge in [0.15, 0.2) is 11.4 Å². The van der Waals surface area contributed by atoms with Crippen LogP contribution in [0.15, 0.2) is 30.6 Å². The summed E-state index contributed by atoms with van der Waals surface area (Å²) >= 11 is 0. The van der Waals surface area contributed by atoms with Crippen LogP contribution >= 0.6 is 7.82 Å². The molecule has 2 unspecified atom stereocenters. The fourth-order valence-electron chi connectivity index (χ4n) is 8.19. The number of methoxy groups -OCH3 is 2. The maximum absolute atomic E-state index is 13.4. The molecule has 2 fully saturated rings. The Kier molecular flexibility index (Phi) is 16.6. The molecule has 1 aliphatic heterocycles. The van der Waals surface area contributed by atoms with Crippen LogP contribution in [-0.2, 0) is 18.3 Å². The molecule has 58 heavy (non-hydrogen) atoms. The average molecular weight is 830 g/mol. The normalized spacial score (nSPS) is 23.9. The number of anilines is 1. The van der Waals surface area contributed by atoms with E-state index in [9.17, 15) is 24.9 Å². The van der Waals surface area contributed by atoms with Gasteiger partial charge in [-0.1, -0.05) is 110 Å². The number of nitrogens with two attached hydrogens (primary N) is 1. The van der Waals surface area contributed by atoms with E-state index in [4.69, 9.17) is 33.7 Å². The van der Waals surface area contributed by atoms with Crippen molar-refractivity contribution < 1.29 is 47.7 Å². The van der Waals surface area contributed by atoms with E-state index in [1.54, 1.807) is 24.3 Å². The van der Waals surface area contributed by atoms with Gasteiger partial charge in [-0.2, -0.15) is 10.4 Å². The minimum atomic E-state index is -4.82. The monoisotopic (exact) mass is 829 g/mol. The fourth-order valence-corrected chi connectivity index (χ4v) is 9.23. The van der Waals surface area contributed by atoms with Gasteiger partial charge in [0.2, 0.25) is 0 Å². The van der Waals surface area contributed by atoms with E-state index in [1.165, 1.54) is 115 Å². The summed E-state index contributed by atoms with van der Waals surface area (Å²) in [4.78, 5) is 14.8. The second-order valence-corrected chi connectivity index (χ2v) is 17.3. The van der Waals surface area contributed by atoms with Gasteiger partial charge in [-0.3, -0.25) is 9.05 Å². The molecule has 5 rings (SSSR count). The molecule has 1 saturated carbocycles. The zero-order valence-electron chi connectivity index (χ0n) is 34.6. The number of ether oxygens (including phenoxy) is 4. The third kappa shape index (κ3) is 10.8. The van der Waals surface area contributed by atoms with Gasteiger partial charge in [-0.15, -0.1) is 0 Å². The predicted octanol–water partition coefficient (Wildman–Crippen LogP) is 8.13. The molecule has 1 saturated heterocycles. The number of fused-ring (bicyclic) bond motifs is 2. The van der Waals surface area contributed by atoms with Crippen LogP contribution in [0.2, 0.25) is 0 Å². The Bertz CT molecular complexity index is 1830. The lowest BCUT2D eigenvalue weighted by atomic mass is 10.0. The number of unbranched alkanes of at least 4 members (excludes halogenated alkanes) is 16. The van der Waals surface area contributed by atoms with Crippen LogP contribution in [0.5, 0.6) is 17.2 Å². The Morgan fingerprint density at radius 2 is 1.50 bits per heavy atom. The lowest BCUT2D eigenvalue weighted by Crippen LogP contribution is -2.35. The second-order valence-electron chi connectivity index (χ2n) is 15.9. The van der Waals surface area contributed by atoms with Crippen LogP contribution in [0.4, 0.5) is 5.82 Å². The molecule has 15 nitrogen and oxygen atoms in total. The summed E-state index contributed by atoms with van der Waals surface area (Å²) in [6, 6.07) is 8.51. The molecule has 0 spiro atoms. The SMILES string of the molecule is CCCCCCCCCCCCCCCCCCC[C@H](COP(=O)(O)OC1[C@@]2(C)O[C@@H](c3ccc4c(N)ncnn34)[C@H](O)[C@@]12O)Oc1cc(OC)c(C#N)c(OC)c1. The maximum atomic E-state index is 13.4. The van der Waals surface area contributed by atoms with Crippen molar-refractivity contribution in [3.8, 4) is 23.3 Å². The first kappa shape index (κ1) is 45.6. The minimum Gasteiger partial charge on any atom is -0.495 e. The highest BCUT2D eigenvalue weighted by molar-refractivity contribution is 7.47. The van der Waals surface area contributed by atoms with Gasteiger partial charge in [0.25, 0.3) is 0 Å². The minimum absolute atomic E-state index is 0.210. The molecular formula is C42H64N5O10P. The summed E-state index contributed by atoms with van der Waals surface area (Å²) in [5.74, 6) is 1.07. The van der Waals surface area contributed by atoms with E-state index in [2.05, 4.69) is 23.1 Å². The highest BCUT2D eigenvalue weighted by atomic mass is 31.2. The summed E-state index contributed by atoms with van der Waals surface area (Å²) in [6.07, 6.45) is 18.3. The van der Waals surface area contributed by atoms with Crippen molar-refractivity contribution in [3.63, 3.8) is 0 Å². The number of rotatable bonds is 28. The predicted molar refractivity (Wildman–Crippen MR) is 219 cm³/mol. The molecule has 0 amide bonds. The van der Waals surface area contributed by atoms with Gasteiger partial charge in [0, 0.05) is 12.1 Å². The maximum Gasteiger partial charge on any atom is 0.472 e. The number of aromatic nitrogens is 3. The highest BCUT2D eigenvalue weighted by Crippen LogP contribution is 2.68. The zero-order valence-corrected chi connectivity index (χ0v) is 35.5. The first-order valence-corrected chi connectivity index (χ1v) is 22.6. The van der Waals surface area contributed by atoms with E-state index < -0.39 is 43.4 Å². The summed E-state index contributed by atoms with van der Waals surface area (Å²) in [5, 5.41) is 36.6. The highest BCUT2D eigenvalue weighted by Gasteiger charge is 2.87. The molecular weight excluding hydrogens is 765 g/mol. The summed E-state index contributed by atoms with van der Waals surface area (Å²) in [6.45, 7) is 3.42. The Morgan fingerprint density at radius 3 is 2.00 bits per heavy atom. The topological polar surface area (TPSA) is 213 Å². The van der Waals surface area contributed by atoms with Crippen molar-refractivity contribution in [1.29, 1.82) is 5.26 Å². The standard InChI is InChI=1S/C42H64N5O10P/c1-5-6-7-8-9-10-11-12-13-14-15-16-17-18-19-20-21-22-30(55-31-25-35(52-3)32(27-43)36(26-31)53-4)28-54-58(50,51)57-40-41(2)42(40,49)38(48)37(56-41)33-23-24-34-39(44)45-29-46-47(33)34/h23-26,29-30,37-38,40,48-49H,5-22,28H2,1-4H3,(H,50,51)(H2,44,45,46)/t30-,37+,38+,40?,41-,42-/m1/s1. The first-order chi connectivity index (χ1) is 27.9. The summed E-state index contributed by atoms with van der Waals surface area (Å²) < 4.78 is 48.9. The number of nitrogens with zero attached hydrogens (tertiary/aromatic N) is 4. The van der Waals surface area contributed by atoms with Crippen molar-refractivity contribution in [3.05, 3.63) is 41.9 Å². The number of nitriles is 1. The molecule has 2 aliphatic rings. The molecule has 16 heteroatoms. The van der Waals surface area contributed by atoms with E-state index >= 15 is 0 Å². The molecule has 322 valence electrons. The molecule has 1 aliphatic carbocycles. The fraction of sp³-hybridized carbons (Fsp3) is 0.690. The van der Waals surface area contributed by atoms with E-state index in [0.717, 1.165) is 25.7 Å². The van der Waals surface area contributed by atoms with Crippen molar-refractivity contribution in [1.82, 2.24) is 14.6 Å². The van der Waals surface area contributed by atoms with Crippen molar-refractivity contribution in [2.75, 3.05) is 26.6 Å². The molecule has 1 aromatic carbocycles. The first-order valence-electron chi connectivity index (χ1n) is 21.1. The second kappa shape index (κ2) is 21.2. The zero-order chi connectivity index (χ0) is 41.8. The van der Waals surface area contributed by atoms with Crippen molar-refractivity contribution in [2.45, 2.75) is 165 Å². The molecule has 0 radical (unpaired) electrons. The molecule has 7 atom stereocenters. The lowest BCUT2D eigenvalue weighted by molar-refractivity contribution is -0.0804. The van der Waals surface area contributed by atoms with Crippen molar-refractivity contribution >= 4 is 19.2 Å². The number of phosphoric acid groups is 1. The van der Waals surface area contributed by atoms with E-state index in [-0.39, 0.29) is 29.5 Å². The third-order valence-electron chi connectivity index (χ3n) is 11.7. The largest absolute Gasteiger partial charge is 0.495 e. The number of benzene rings is 1. The van der Waals surface area contributed by atoms with Crippen LogP contribution in [0, 0.1) is 11.3 Å². The van der Waals surface area contributed by atoms with Gasteiger partial charge in [-0.25, -0.2) is 14.1 Å². The molecule has 0 bridgehead atoms. The smallest absolute Gasteiger partial charge is 0.472 e. The van der Waals surface area contributed by atoms with Crippen LogP contribution in [-0.4, -0.2) is 80.0 Å². The Balaban J connectivity index is 1.10.